The molecule has 1 aromatic carbocycles. The third kappa shape index (κ3) is 3.90. The van der Waals surface area contributed by atoms with Gasteiger partial charge >= 0.3 is 5.97 Å². The molecule has 1 aliphatic rings. The number of rotatable bonds is 5. The SMILES string of the molecule is O=C(CCc1c[nH]c2ccccc12)OCC(=O)N1CCOCC1. The zero-order chi connectivity index (χ0) is 16.1. The van der Waals surface area contributed by atoms with Crippen LogP contribution in [0.5, 0.6) is 0 Å². The van der Waals surface area contributed by atoms with Crippen LogP contribution in [0.2, 0.25) is 0 Å². The largest absolute Gasteiger partial charge is 0.456 e. The molecule has 0 radical (unpaired) electrons. The Morgan fingerprint density at radius 3 is 2.83 bits per heavy atom. The molecule has 1 saturated heterocycles. The van der Waals surface area contributed by atoms with Gasteiger partial charge in [-0.2, -0.15) is 0 Å². The molecule has 0 bridgehead atoms. The molecule has 6 nitrogen and oxygen atoms in total. The van der Waals surface area contributed by atoms with Gasteiger partial charge in [0.2, 0.25) is 0 Å². The maximum Gasteiger partial charge on any atom is 0.306 e. The number of amides is 1. The second kappa shape index (κ2) is 7.28. The van der Waals surface area contributed by atoms with E-state index in [0.29, 0.717) is 32.7 Å². The Morgan fingerprint density at radius 2 is 2.00 bits per heavy atom. The molecule has 6 heteroatoms. The Morgan fingerprint density at radius 1 is 1.22 bits per heavy atom. The number of ether oxygens (including phenoxy) is 2. The lowest BCUT2D eigenvalue weighted by molar-refractivity contribution is -0.153. The second-order valence-electron chi connectivity index (χ2n) is 5.51. The summed E-state index contributed by atoms with van der Waals surface area (Å²) in [4.78, 5) is 28.6. The van der Waals surface area contributed by atoms with Crippen molar-refractivity contribution in [2.45, 2.75) is 12.8 Å². The normalized spacial score (nSPS) is 14.9. The lowest BCUT2D eigenvalue weighted by atomic mass is 10.1. The van der Waals surface area contributed by atoms with Crippen LogP contribution in [0, 0.1) is 0 Å². The topological polar surface area (TPSA) is 71.6 Å². The number of fused-ring (bicyclic) bond motifs is 1. The molecule has 0 aliphatic carbocycles. The third-order valence-electron chi connectivity index (χ3n) is 3.99. The van der Waals surface area contributed by atoms with Crippen molar-refractivity contribution in [1.82, 2.24) is 9.88 Å². The Kier molecular flexibility index (Phi) is 4.92. The minimum Gasteiger partial charge on any atom is -0.456 e. The van der Waals surface area contributed by atoms with Gasteiger partial charge in [0.1, 0.15) is 0 Å². The van der Waals surface area contributed by atoms with Crippen LogP contribution < -0.4 is 0 Å². The van der Waals surface area contributed by atoms with Gasteiger partial charge in [0.15, 0.2) is 6.61 Å². The summed E-state index contributed by atoms with van der Waals surface area (Å²) in [6.07, 6.45) is 2.77. The van der Waals surface area contributed by atoms with Crippen LogP contribution in [0.25, 0.3) is 10.9 Å². The highest BCUT2D eigenvalue weighted by atomic mass is 16.5. The lowest BCUT2D eigenvalue weighted by Gasteiger charge is -2.26. The van der Waals surface area contributed by atoms with Gasteiger partial charge in [-0.25, -0.2) is 0 Å². The Hall–Kier alpha value is -2.34. The van der Waals surface area contributed by atoms with Crippen LogP contribution in [0.1, 0.15) is 12.0 Å². The Bertz CT molecular complexity index is 689. The molecule has 23 heavy (non-hydrogen) atoms. The van der Waals surface area contributed by atoms with Gasteiger partial charge in [0, 0.05) is 36.6 Å². The molecule has 1 N–H and O–H groups in total. The molecule has 0 unspecified atom stereocenters. The van der Waals surface area contributed by atoms with Crippen molar-refractivity contribution in [2.75, 3.05) is 32.9 Å². The zero-order valence-corrected chi connectivity index (χ0v) is 12.9. The molecular weight excluding hydrogens is 296 g/mol. The van der Waals surface area contributed by atoms with E-state index >= 15 is 0 Å². The number of carbonyl (C=O) groups is 2. The maximum atomic E-state index is 11.9. The van der Waals surface area contributed by atoms with Gasteiger partial charge < -0.3 is 19.4 Å². The highest BCUT2D eigenvalue weighted by Crippen LogP contribution is 2.19. The molecule has 2 heterocycles. The van der Waals surface area contributed by atoms with Crippen LogP contribution in [-0.4, -0.2) is 54.7 Å². The molecule has 1 fully saturated rings. The number of H-pyrrole nitrogens is 1. The third-order valence-corrected chi connectivity index (χ3v) is 3.99. The van der Waals surface area contributed by atoms with E-state index in [9.17, 15) is 9.59 Å². The maximum absolute atomic E-state index is 11.9. The average Bonchev–Trinajstić information content (AvgIpc) is 3.02. The standard InChI is InChI=1S/C17H20N2O4/c20-16(19-7-9-22-10-8-19)12-23-17(21)6-5-13-11-18-15-4-2-1-3-14(13)15/h1-4,11,18H,5-10,12H2. The summed E-state index contributed by atoms with van der Waals surface area (Å²) >= 11 is 0. The van der Waals surface area contributed by atoms with Crippen molar-refractivity contribution in [2.24, 2.45) is 0 Å². The fourth-order valence-corrected chi connectivity index (χ4v) is 2.69. The molecule has 1 aliphatic heterocycles. The van der Waals surface area contributed by atoms with Crippen LogP contribution in [0.4, 0.5) is 0 Å². The van der Waals surface area contributed by atoms with Crippen molar-refractivity contribution in [3.05, 3.63) is 36.0 Å². The van der Waals surface area contributed by atoms with Gasteiger partial charge in [0.05, 0.1) is 13.2 Å². The predicted molar refractivity (Wildman–Crippen MR) is 85.0 cm³/mol. The fourth-order valence-electron chi connectivity index (χ4n) is 2.69. The van der Waals surface area contributed by atoms with Gasteiger partial charge in [-0.05, 0) is 18.1 Å². The van der Waals surface area contributed by atoms with Crippen molar-refractivity contribution >= 4 is 22.8 Å². The Balaban J connectivity index is 1.45. The van der Waals surface area contributed by atoms with E-state index in [1.165, 1.54) is 0 Å². The number of morpholine rings is 1. The molecular formula is C17H20N2O4. The number of aromatic nitrogens is 1. The molecule has 0 spiro atoms. The number of hydrogen-bond acceptors (Lipinski definition) is 4. The summed E-state index contributed by atoms with van der Waals surface area (Å²) < 4.78 is 10.3. The highest BCUT2D eigenvalue weighted by molar-refractivity contribution is 5.84. The minimum absolute atomic E-state index is 0.159. The molecule has 122 valence electrons. The first-order chi connectivity index (χ1) is 11.2. The van der Waals surface area contributed by atoms with E-state index in [2.05, 4.69) is 4.98 Å². The van der Waals surface area contributed by atoms with Gasteiger partial charge in [-0.3, -0.25) is 9.59 Å². The fraction of sp³-hybridized carbons (Fsp3) is 0.412. The van der Waals surface area contributed by atoms with E-state index < -0.39 is 0 Å². The number of nitrogens with one attached hydrogen (secondary N) is 1. The summed E-state index contributed by atoms with van der Waals surface area (Å²) in [6.45, 7) is 2.02. The summed E-state index contributed by atoms with van der Waals surface area (Å²) in [7, 11) is 0. The van der Waals surface area contributed by atoms with Crippen LogP contribution in [-0.2, 0) is 25.5 Å². The predicted octanol–water partition coefficient (Wildman–Crippen LogP) is 1.50. The molecule has 3 rings (SSSR count). The van der Waals surface area contributed by atoms with E-state index in [1.54, 1.807) is 4.90 Å². The quantitative estimate of drug-likeness (QED) is 0.849. The summed E-state index contributed by atoms with van der Waals surface area (Å²) in [6, 6.07) is 7.96. The first-order valence-corrected chi connectivity index (χ1v) is 7.80. The van der Waals surface area contributed by atoms with E-state index in [1.807, 2.05) is 30.5 Å². The number of nitrogens with zero attached hydrogens (tertiary/aromatic N) is 1. The van der Waals surface area contributed by atoms with Gasteiger partial charge in [-0.15, -0.1) is 0 Å². The minimum atomic E-state index is -0.350. The first kappa shape index (κ1) is 15.6. The molecule has 1 aromatic heterocycles. The zero-order valence-electron chi connectivity index (χ0n) is 12.9. The number of benzene rings is 1. The highest BCUT2D eigenvalue weighted by Gasteiger charge is 2.18. The smallest absolute Gasteiger partial charge is 0.306 e. The average molecular weight is 316 g/mol. The summed E-state index contributed by atoms with van der Waals surface area (Å²) in [5.74, 6) is -0.509. The van der Waals surface area contributed by atoms with Crippen LogP contribution in [0.3, 0.4) is 0 Å². The molecule has 0 atom stereocenters. The van der Waals surface area contributed by atoms with Gasteiger partial charge in [0.25, 0.3) is 5.91 Å². The number of carbonyl (C=O) groups excluding carboxylic acids is 2. The van der Waals surface area contributed by atoms with Crippen LogP contribution in [0.15, 0.2) is 30.5 Å². The second-order valence-corrected chi connectivity index (χ2v) is 5.51. The van der Waals surface area contributed by atoms with Crippen molar-refractivity contribution in [1.29, 1.82) is 0 Å². The molecule has 2 aromatic rings. The number of para-hydroxylation sites is 1. The first-order valence-electron chi connectivity index (χ1n) is 7.80. The Labute approximate surface area is 134 Å². The van der Waals surface area contributed by atoms with Crippen molar-refractivity contribution < 1.29 is 19.1 Å². The van der Waals surface area contributed by atoms with Gasteiger partial charge in [-0.1, -0.05) is 18.2 Å². The number of esters is 1. The number of aromatic amines is 1. The summed E-state index contributed by atoms with van der Waals surface area (Å²) in [5, 5.41) is 1.12. The lowest BCUT2D eigenvalue weighted by Crippen LogP contribution is -2.42. The monoisotopic (exact) mass is 316 g/mol. The van der Waals surface area contributed by atoms with E-state index in [-0.39, 0.29) is 24.9 Å². The summed E-state index contributed by atoms with van der Waals surface area (Å²) in [5.41, 5.74) is 2.13. The van der Waals surface area contributed by atoms with Crippen molar-refractivity contribution in [3.63, 3.8) is 0 Å². The van der Waals surface area contributed by atoms with E-state index in [0.717, 1.165) is 16.5 Å². The molecule has 1 amide bonds. The van der Waals surface area contributed by atoms with Crippen molar-refractivity contribution in [3.8, 4) is 0 Å². The van der Waals surface area contributed by atoms with E-state index in [4.69, 9.17) is 9.47 Å². The number of aryl methyl sites for hydroxylation is 1. The molecule has 0 saturated carbocycles. The van der Waals surface area contributed by atoms with Crippen LogP contribution >= 0.6 is 0 Å². The number of hydrogen-bond donors (Lipinski definition) is 1.